The zero-order valence-corrected chi connectivity index (χ0v) is 13.8. The molecule has 3 fully saturated rings. The van der Waals surface area contributed by atoms with Gasteiger partial charge in [-0.2, -0.15) is 0 Å². The van der Waals surface area contributed by atoms with Crippen LogP contribution in [-0.2, 0) is 0 Å². The number of amides is 1. The first kappa shape index (κ1) is 15.1. The van der Waals surface area contributed by atoms with E-state index < -0.39 is 0 Å². The Balaban J connectivity index is 1.30. The fourth-order valence-corrected chi connectivity index (χ4v) is 4.13. The molecule has 1 amide bonds. The summed E-state index contributed by atoms with van der Waals surface area (Å²) >= 11 is 0. The molecule has 3 aliphatic rings. The van der Waals surface area contributed by atoms with E-state index in [9.17, 15) is 4.79 Å². The molecule has 5 heteroatoms. The van der Waals surface area contributed by atoms with Gasteiger partial charge in [-0.25, -0.2) is 4.98 Å². The lowest BCUT2D eigenvalue weighted by Gasteiger charge is -2.47. The molecule has 0 bridgehead atoms. The van der Waals surface area contributed by atoms with Crippen molar-refractivity contribution in [3.8, 4) is 0 Å². The lowest BCUT2D eigenvalue weighted by Crippen LogP contribution is -2.48. The maximum absolute atomic E-state index is 12.5. The summed E-state index contributed by atoms with van der Waals surface area (Å²) in [6.45, 7) is 5.59. The van der Waals surface area contributed by atoms with Crippen molar-refractivity contribution < 1.29 is 4.79 Å². The van der Waals surface area contributed by atoms with Gasteiger partial charge in [0.1, 0.15) is 5.69 Å². The van der Waals surface area contributed by atoms with E-state index >= 15 is 0 Å². The number of rotatable bonds is 3. The molecule has 0 unspecified atom stereocenters. The van der Waals surface area contributed by atoms with Crippen molar-refractivity contribution in [2.75, 3.05) is 32.7 Å². The smallest absolute Gasteiger partial charge is 0.274 e. The zero-order valence-electron chi connectivity index (χ0n) is 13.8. The van der Waals surface area contributed by atoms with Crippen LogP contribution in [-0.4, -0.2) is 58.4 Å². The van der Waals surface area contributed by atoms with Crippen molar-refractivity contribution in [1.82, 2.24) is 19.8 Å². The van der Waals surface area contributed by atoms with Crippen molar-refractivity contribution >= 4 is 5.91 Å². The molecule has 1 spiro atoms. The van der Waals surface area contributed by atoms with E-state index in [0.29, 0.717) is 11.1 Å². The van der Waals surface area contributed by atoms with Crippen LogP contribution >= 0.6 is 0 Å². The summed E-state index contributed by atoms with van der Waals surface area (Å²) < 4.78 is 0. The quantitative estimate of drug-likeness (QED) is 0.858. The normalized spacial score (nSPS) is 24.8. The van der Waals surface area contributed by atoms with Gasteiger partial charge in [-0.3, -0.25) is 9.78 Å². The van der Waals surface area contributed by atoms with Crippen LogP contribution in [0.3, 0.4) is 0 Å². The SMILES string of the molecule is O=C(c1cnccn1)N1CCC2(CCN(CC3CC3)CC2)CC1. The summed E-state index contributed by atoms with van der Waals surface area (Å²) in [7, 11) is 0. The summed E-state index contributed by atoms with van der Waals surface area (Å²) in [6, 6.07) is 0. The molecule has 5 nitrogen and oxygen atoms in total. The molecule has 0 aromatic carbocycles. The second kappa shape index (κ2) is 6.19. The van der Waals surface area contributed by atoms with Gasteiger partial charge in [0, 0.05) is 32.0 Å². The molecule has 1 aliphatic carbocycles. The topological polar surface area (TPSA) is 49.3 Å². The molecule has 3 heterocycles. The molecule has 2 aliphatic heterocycles. The Labute approximate surface area is 138 Å². The first-order valence-corrected chi connectivity index (χ1v) is 9.02. The fourth-order valence-electron chi connectivity index (χ4n) is 4.13. The summed E-state index contributed by atoms with van der Waals surface area (Å²) in [5.74, 6) is 1.04. The third-order valence-corrected chi connectivity index (χ3v) is 6.02. The Morgan fingerprint density at radius 2 is 1.78 bits per heavy atom. The maximum Gasteiger partial charge on any atom is 0.274 e. The van der Waals surface area contributed by atoms with Gasteiger partial charge in [-0.15, -0.1) is 0 Å². The van der Waals surface area contributed by atoms with Crippen LogP contribution in [0, 0.1) is 11.3 Å². The van der Waals surface area contributed by atoms with Crippen LogP contribution in [0.5, 0.6) is 0 Å². The standard InChI is InChI=1S/C18H26N4O/c23-17(16-13-19-7-8-20-16)22-11-5-18(6-12-22)3-9-21(10-4-18)14-15-1-2-15/h7-8,13,15H,1-6,9-12,14H2. The fraction of sp³-hybridized carbons (Fsp3) is 0.722. The van der Waals surface area contributed by atoms with Gasteiger partial charge >= 0.3 is 0 Å². The number of carbonyl (C=O) groups excluding carboxylic acids is 1. The summed E-state index contributed by atoms with van der Waals surface area (Å²) in [5.41, 5.74) is 0.960. The van der Waals surface area contributed by atoms with Crippen LogP contribution in [0.1, 0.15) is 49.0 Å². The number of hydrogen-bond acceptors (Lipinski definition) is 4. The molecule has 1 aromatic heterocycles. The summed E-state index contributed by atoms with van der Waals surface area (Å²) in [5, 5.41) is 0. The Morgan fingerprint density at radius 1 is 1.09 bits per heavy atom. The average Bonchev–Trinajstić information content (AvgIpc) is 3.42. The number of hydrogen-bond donors (Lipinski definition) is 0. The van der Waals surface area contributed by atoms with Gasteiger partial charge in [0.25, 0.3) is 5.91 Å². The van der Waals surface area contributed by atoms with Crippen molar-refractivity contribution in [2.45, 2.75) is 38.5 Å². The molecule has 1 saturated carbocycles. The predicted molar refractivity (Wildman–Crippen MR) is 88.0 cm³/mol. The number of nitrogens with zero attached hydrogens (tertiary/aromatic N) is 4. The third kappa shape index (κ3) is 3.39. The number of piperidine rings is 2. The van der Waals surface area contributed by atoms with Crippen LogP contribution in [0.25, 0.3) is 0 Å². The molecule has 0 atom stereocenters. The molecule has 4 rings (SSSR count). The first-order chi connectivity index (χ1) is 11.2. The molecule has 0 N–H and O–H groups in total. The Hall–Kier alpha value is -1.49. The molecule has 124 valence electrons. The molecule has 2 saturated heterocycles. The molecule has 23 heavy (non-hydrogen) atoms. The van der Waals surface area contributed by atoms with Gasteiger partial charge in [0.15, 0.2) is 0 Å². The van der Waals surface area contributed by atoms with E-state index in [2.05, 4.69) is 14.9 Å². The van der Waals surface area contributed by atoms with E-state index in [1.54, 1.807) is 18.6 Å². The Morgan fingerprint density at radius 3 is 2.39 bits per heavy atom. The highest BCUT2D eigenvalue weighted by Gasteiger charge is 2.39. The van der Waals surface area contributed by atoms with Crippen LogP contribution in [0.4, 0.5) is 0 Å². The van der Waals surface area contributed by atoms with E-state index in [0.717, 1.165) is 31.8 Å². The van der Waals surface area contributed by atoms with Gasteiger partial charge in [-0.05, 0) is 62.9 Å². The van der Waals surface area contributed by atoms with E-state index in [1.165, 1.54) is 45.3 Å². The van der Waals surface area contributed by atoms with Crippen molar-refractivity contribution in [2.24, 2.45) is 11.3 Å². The summed E-state index contributed by atoms with van der Waals surface area (Å²) in [6.07, 6.45) is 12.6. The largest absolute Gasteiger partial charge is 0.337 e. The molecular weight excluding hydrogens is 288 g/mol. The predicted octanol–water partition coefficient (Wildman–Crippen LogP) is 2.20. The highest BCUT2D eigenvalue weighted by Crippen LogP contribution is 2.42. The van der Waals surface area contributed by atoms with E-state index in [-0.39, 0.29) is 5.91 Å². The number of carbonyl (C=O) groups is 1. The van der Waals surface area contributed by atoms with Crippen LogP contribution in [0.2, 0.25) is 0 Å². The Kier molecular flexibility index (Phi) is 4.05. The van der Waals surface area contributed by atoms with E-state index in [4.69, 9.17) is 0 Å². The molecule has 0 radical (unpaired) electrons. The zero-order chi connectivity index (χ0) is 15.7. The van der Waals surface area contributed by atoms with Crippen molar-refractivity contribution in [1.29, 1.82) is 0 Å². The van der Waals surface area contributed by atoms with Crippen LogP contribution < -0.4 is 0 Å². The first-order valence-electron chi connectivity index (χ1n) is 9.02. The number of aromatic nitrogens is 2. The third-order valence-electron chi connectivity index (χ3n) is 6.02. The minimum atomic E-state index is 0.0409. The maximum atomic E-state index is 12.5. The van der Waals surface area contributed by atoms with Gasteiger partial charge in [-0.1, -0.05) is 0 Å². The minimum Gasteiger partial charge on any atom is -0.337 e. The van der Waals surface area contributed by atoms with Crippen molar-refractivity contribution in [3.63, 3.8) is 0 Å². The van der Waals surface area contributed by atoms with Crippen LogP contribution in [0.15, 0.2) is 18.6 Å². The summed E-state index contributed by atoms with van der Waals surface area (Å²) in [4.78, 5) is 25.2. The van der Waals surface area contributed by atoms with Gasteiger partial charge < -0.3 is 9.80 Å². The highest BCUT2D eigenvalue weighted by molar-refractivity contribution is 5.92. The molecule has 1 aromatic rings. The second-order valence-corrected chi connectivity index (χ2v) is 7.63. The van der Waals surface area contributed by atoms with Gasteiger partial charge in [0.05, 0.1) is 6.20 Å². The van der Waals surface area contributed by atoms with E-state index in [1.807, 2.05) is 4.90 Å². The highest BCUT2D eigenvalue weighted by atomic mass is 16.2. The van der Waals surface area contributed by atoms with Crippen molar-refractivity contribution in [3.05, 3.63) is 24.3 Å². The monoisotopic (exact) mass is 314 g/mol. The molecular formula is C18H26N4O. The average molecular weight is 314 g/mol. The number of likely N-dealkylation sites (tertiary alicyclic amines) is 2. The minimum absolute atomic E-state index is 0.0409. The lowest BCUT2D eigenvalue weighted by atomic mass is 9.71. The Bertz CT molecular complexity index is 539. The van der Waals surface area contributed by atoms with Gasteiger partial charge in [0.2, 0.25) is 0 Å². The second-order valence-electron chi connectivity index (χ2n) is 7.63. The lowest BCUT2D eigenvalue weighted by molar-refractivity contribution is 0.0290.